The van der Waals surface area contributed by atoms with E-state index in [1.165, 1.54) is 39.2 Å². The maximum atomic E-state index is 12.2. The summed E-state index contributed by atoms with van der Waals surface area (Å²) in [6.45, 7) is 1.32. The third-order valence-corrected chi connectivity index (χ3v) is 4.37. The summed E-state index contributed by atoms with van der Waals surface area (Å²) in [5, 5.41) is 0. The normalized spacial score (nSPS) is 24.4. The maximum Gasteiger partial charge on any atom is 0.336 e. The molecule has 0 spiro atoms. The van der Waals surface area contributed by atoms with Gasteiger partial charge in [-0.3, -0.25) is 4.79 Å². The molecule has 0 aromatic carbocycles. The molecule has 0 aromatic rings. The molecule has 1 saturated carbocycles. The van der Waals surface area contributed by atoms with Crippen molar-refractivity contribution < 1.29 is 19.1 Å². The highest BCUT2D eigenvalue weighted by molar-refractivity contribution is 5.79. The minimum absolute atomic E-state index is 0.146. The molecule has 0 N–H and O–H groups in total. The zero-order valence-corrected chi connectivity index (χ0v) is 12.3. The first-order valence-corrected chi connectivity index (χ1v) is 7.68. The number of methoxy groups -OCH3 is 1. The number of carbonyl (C=O) groups is 2. The van der Waals surface area contributed by atoms with Gasteiger partial charge in [-0.05, 0) is 12.3 Å². The van der Waals surface area contributed by atoms with Crippen LogP contribution in [0.1, 0.15) is 44.9 Å². The average molecular weight is 283 g/mol. The Kier molecular flexibility index (Phi) is 5.83. The number of rotatable bonds is 4. The number of morpholine rings is 1. The minimum atomic E-state index is -0.618. The number of ether oxygens (including phenoxy) is 2. The van der Waals surface area contributed by atoms with E-state index in [1.54, 1.807) is 4.90 Å². The van der Waals surface area contributed by atoms with Gasteiger partial charge >= 0.3 is 5.97 Å². The Bertz CT molecular complexity index is 339. The van der Waals surface area contributed by atoms with Gasteiger partial charge in [0.2, 0.25) is 5.91 Å². The summed E-state index contributed by atoms with van der Waals surface area (Å²) in [5.74, 6) is 0.465. The van der Waals surface area contributed by atoms with Gasteiger partial charge in [0, 0.05) is 13.0 Å². The number of nitrogens with zero attached hydrogens (tertiary/aromatic N) is 1. The maximum absolute atomic E-state index is 12.2. The Labute approximate surface area is 120 Å². The zero-order chi connectivity index (χ0) is 14.4. The Morgan fingerprint density at radius 1 is 1.25 bits per heavy atom. The molecule has 114 valence electrons. The lowest BCUT2D eigenvalue weighted by Gasteiger charge is -2.32. The zero-order valence-electron chi connectivity index (χ0n) is 12.3. The molecule has 20 heavy (non-hydrogen) atoms. The van der Waals surface area contributed by atoms with E-state index in [-0.39, 0.29) is 5.91 Å². The lowest BCUT2D eigenvalue weighted by molar-refractivity contribution is -0.162. The lowest BCUT2D eigenvalue weighted by Crippen LogP contribution is -2.48. The van der Waals surface area contributed by atoms with Crippen LogP contribution in [0.15, 0.2) is 0 Å². The topological polar surface area (TPSA) is 55.8 Å². The third-order valence-electron chi connectivity index (χ3n) is 4.37. The number of carbonyl (C=O) groups excluding carboxylic acids is 2. The van der Waals surface area contributed by atoms with Crippen molar-refractivity contribution in [2.45, 2.75) is 51.0 Å². The molecule has 1 aliphatic carbocycles. The highest BCUT2D eigenvalue weighted by Gasteiger charge is 2.30. The molecule has 1 saturated heterocycles. The highest BCUT2D eigenvalue weighted by Crippen LogP contribution is 2.27. The second kappa shape index (κ2) is 7.62. The molecule has 1 aliphatic heterocycles. The lowest BCUT2D eigenvalue weighted by atomic mass is 9.86. The van der Waals surface area contributed by atoms with Crippen molar-refractivity contribution in [3.8, 4) is 0 Å². The molecular formula is C15H25NO4. The fourth-order valence-corrected chi connectivity index (χ4v) is 3.11. The fourth-order valence-electron chi connectivity index (χ4n) is 3.11. The van der Waals surface area contributed by atoms with Gasteiger partial charge in [-0.2, -0.15) is 0 Å². The molecule has 1 unspecified atom stereocenters. The number of esters is 1. The van der Waals surface area contributed by atoms with Crippen LogP contribution in [0.2, 0.25) is 0 Å². The van der Waals surface area contributed by atoms with Crippen LogP contribution in [-0.4, -0.2) is 49.7 Å². The van der Waals surface area contributed by atoms with E-state index in [0.717, 1.165) is 6.42 Å². The van der Waals surface area contributed by atoms with E-state index >= 15 is 0 Å². The summed E-state index contributed by atoms with van der Waals surface area (Å²) in [4.78, 5) is 25.4. The van der Waals surface area contributed by atoms with Crippen molar-refractivity contribution in [3.63, 3.8) is 0 Å². The van der Waals surface area contributed by atoms with Gasteiger partial charge in [0.15, 0.2) is 6.10 Å². The van der Waals surface area contributed by atoms with E-state index in [2.05, 4.69) is 4.74 Å². The molecule has 1 atom stereocenters. The molecule has 1 amide bonds. The van der Waals surface area contributed by atoms with Crippen molar-refractivity contribution in [3.05, 3.63) is 0 Å². The van der Waals surface area contributed by atoms with Gasteiger partial charge in [0.1, 0.15) is 0 Å². The van der Waals surface area contributed by atoms with Gasteiger partial charge in [-0.1, -0.05) is 32.1 Å². The van der Waals surface area contributed by atoms with Crippen molar-refractivity contribution in [1.82, 2.24) is 4.90 Å². The molecule has 0 bridgehead atoms. The standard InChI is InChI=1S/C15H25NO4/c1-19-15(18)13-11-16(9-10-20-13)14(17)8-7-12-5-3-2-4-6-12/h12-13H,2-11H2,1H3. The molecule has 0 radical (unpaired) electrons. The Hall–Kier alpha value is -1.10. The van der Waals surface area contributed by atoms with Crippen molar-refractivity contribution in [2.24, 2.45) is 5.92 Å². The Morgan fingerprint density at radius 3 is 2.70 bits per heavy atom. The van der Waals surface area contributed by atoms with Crippen LogP contribution in [0, 0.1) is 5.92 Å². The minimum Gasteiger partial charge on any atom is -0.467 e. The summed E-state index contributed by atoms with van der Waals surface area (Å²) >= 11 is 0. The smallest absolute Gasteiger partial charge is 0.336 e. The molecule has 2 fully saturated rings. The first-order valence-electron chi connectivity index (χ1n) is 7.68. The van der Waals surface area contributed by atoms with Crippen LogP contribution in [0.25, 0.3) is 0 Å². The largest absolute Gasteiger partial charge is 0.467 e. The van der Waals surface area contributed by atoms with Crippen LogP contribution >= 0.6 is 0 Å². The monoisotopic (exact) mass is 283 g/mol. The predicted molar refractivity (Wildman–Crippen MR) is 74.1 cm³/mol. The second-order valence-electron chi connectivity index (χ2n) is 5.77. The summed E-state index contributed by atoms with van der Waals surface area (Å²) < 4.78 is 10.0. The van der Waals surface area contributed by atoms with E-state index in [9.17, 15) is 9.59 Å². The molecule has 5 heteroatoms. The summed E-state index contributed by atoms with van der Waals surface area (Å²) in [6.07, 6.45) is 7.45. The third kappa shape index (κ3) is 4.20. The van der Waals surface area contributed by atoms with Crippen molar-refractivity contribution in [2.75, 3.05) is 26.8 Å². The summed E-state index contributed by atoms with van der Waals surface area (Å²) in [7, 11) is 1.34. The predicted octanol–water partition coefficient (Wildman–Crippen LogP) is 1.75. The van der Waals surface area contributed by atoms with Crippen molar-refractivity contribution in [1.29, 1.82) is 0 Å². The van der Waals surface area contributed by atoms with E-state index < -0.39 is 12.1 Å². The first-order chi connectivity index (χ1) is 9.70. The van der Waals surface area contributed by atoms with Gasteiger partial charge in [0.05, 0.1) is 20.3 Å². The van der Waals surface area contributed by atoms with E-state index in [0.29, 0.717) is 32.0 Å². The number of hydrogen-bond acceptors (Lipinski definition) is 4. The molecular weight excluding hydrogens is 258 g/mol. The van der Waals surface area contributed by atoms with Crippen LogP contribution in [0.4, 0.5) is 0 Å². The van der Waals surface area contributed by atoms with Gasteiger partial charge in [-0.15, -0.1) is 0 Å². The van der Waals surface area contributed by atoms with Gasteiger partial charge < -0.3 is 14.4 Å². The average Bonchev–Trinajstić information content (AvgIpc) is 2.53. The molecule has 2 rings (SSSR count). The number of hydrogen-bond donors (Lipinski definition) is 0. The quantitative estimate of drug-likeness (QED) is 0.738. The van der Waals surface area contributed by atoms with Gasteiger partial charge in [0.25, 0.3) is 0 Å². The molecule has 5 nitrogen and oxygen atoms in total. The summed E-state index contributed by atoms with van der Waals surface area (Å²) in [5.41, 5.74) is 0. The van der Waals surface area contributed by atoms with E-state index in [4.69, 9.17) is 4.74 Å². The van der Waals surface area contributed by atoms with Crippen molar-refractivity contribution >= 4 is 11.9 Å². The Balaban J connectivity index is 1.75. The van der Waals surface area contributed by atoms with Gasteiger partial charge in [-0.25, -0.2) is 4.79 Å². The van der Waals surface area contributed by atoms with Crippen LogP contribution in [-0.2, 0) is 19.1 Å². The Morgan fingerprint density at radius 2 is 2.00 bits per heavy atom. The first kappa shape index (κ1) is 15.3. The second-order valence-corrected chi connectivity index (χ2v) is 5.77. The molecule has 2 aliphatic rings. The molecule has 0 aromatic heterocycles. The summed E-state index contributed by atoms with van der Waals surface area (Å²) in [6, 6.07) is 0. The fraction of sp³-hybridized carbons (Fsp3) is 0.867. The SMILES string of the molecule is COC(=O)C1CN(C(=O)CCC2CCCCC2)CCO1. The molecule has 1 heterocycles. The van der Waals surface area contributed by atoms with E-state index in [1.807, 2.05) is 0 Å². The van der Waals surface area contributed by atoms with Crippen LogP contribution in [0.3, 0.4) is 0 Å². The van der Waals surface area contributed by atoms with Crippen LogP contribution < -0.4 is 0 Å². The highest BCUT2D eigenvalue weighted by atomic mass is 16.6. The number of amides is 1. The van der Waals surface area contributed by atoms with Crippen LogP contribution in [0.5, 0.6) is 0 Å².